The van der Waals surface area contributed by atoms with Crippen LogP contribution in [-0.2, 0) is 0 Å². The van der Waals surface area contributed by atoms with Crippen LogP contribution in [0.25, 0.3) is 5.69 Å². The fourth-order valence-corrected chi connectivity index (χ4v) is 2.51. The number of ether oxygens (including phenoxy) is 1. The summed E-state index contributed by atoms with van der Waals surface area (Å²) in [6, 6.07) is 11.8. The van der Waals surface area contributed by atoms with Crippen LogP contribution in [0.3, 0.4) is 0 Å². The second-order valence-corrected chi connectivity index (χ2v) is 5.98. The van der Waals surface area contributed by atoms with Gasteiger partial charge in [0.15, 0.2) is 6.29 Å². The zero-order valence-electron chi connectivity index (χ0n) is 14.1. The first kappa shape index (κ1) is 18.6. The Labute approximate surface area is 160 Å². The van der Waals surface area contributed by atoms with E-state index in [4.69, 9.17) is 21.4 Å². The van der Waals surface area contributed by atoms with Crippen LogP contribution in [-0.4, -0.2) is 40.0 Å². The maximum atomic E-state index is 11.8. The maximum Gasteiger partial charge on any atom is 0.271 e. The van der Waals surface area contributed by atoms with Gasteiger partial charge in [0.2, 0.25) is 0 Å². The number of benzene rings is 2. The Morgan fingerprint density at radius 3 is 2.74 bits per heavy atom. The number of halogens is 1. The van der Waals surface area contributed by atoms with Crippen LogP contribution in [0.5, 0.6) is 11.5 Å². The first-order chi connectivity index (χ1) is 13.1. The van der Waals surface area contributed by atoms with Crippen molar-refractivity contribution in [1.82, 2.24) is 14.9 Å². The predicted molar refractivity (Wildman–Crippen MR) is 99.9 cm³/mol. The van der Waals surface area contributed by atoms with Crippen LogP contribution < -0.4 is 10.1 Å². The summed E-state index contributed by atoms with van der Waals surface area (Å²) in [5.41, 5.74) is 1.42. The molecular weight excluding hydrogens is 370 g/mol. The van der Waals surface area contributed by atoms with Crippen molar-refractivity contribution < 1.29 is 19.4 Å². The molecule has 0 saturated carbocycles. The van der Waals surface area contributed by atoms with E-state index in [2.05, 4.69) is 10.3 Å². The van der Waals surface area contributed by atoms with Gasteiger partial charge >= 0.3 is 0 Å². The summed E-state index contributed by atoms with van der Waals surface area (Å²) in [5, 5.41) is 11.8. The number of rotatable bonds is 7. The number of nitrogens with one attached hydrogen (secondary N) is 1. The third-order valence-corrected chi connectivity index (χ3v) is 3.91. The van der Waals surface area contributed by atoms with Crippen molar-refractivity contribution >= 4 is 23.8 Å². The number of aromatic nitrogens is 2. The quantitative estimate of drug-likeness (QED) is 0.610. The van der Waals surface area contributed by atoms with Gasteiger partial charge in [-0.15, -0.1) is 0 Å². The summed E-state index contributed by atoms with van der Waals surface area (Å²) >= 11 is 5.95. The van der Waals surface area contributed by atoms with E-state index in [0.29, 0.717) is 28.4 Å². The van der Waals surface area contributed by atoms with Gasteiger partial charge in [0.05, 0.1) is 12.2 Å². The van der Waals surface area contributed by atoms with E-state index < -0.39 is 0 Å². The third-order valence-electron chi connectivity index (χ3n) is 3.68. The topological polar surface area (TPSA) is 93.5 Å². The summed E-state index contributed by atoms with van der Waals surface area (Å²) < 4.78 is 7.42. The molecule has 138 valence electrons. The van der Waals surface area contributed by atoms with E-state index in [0.717, 1.165) is 5.69 Å². The predicted octanol–water partition coefficient (Wildman–Crippen LogP) is 2.85. The minimum atomic E-state index is -0.356. The van der Waals surface area contributed by atoms with E-state index >= 15 is 0 Å². The highest BCUT2D eigenvalue weighted by Crippen LogP contribution is 2.28. The minimum Gasteiger partial charge on any atom is -0.457 e. The van der Waals surface area contributed by atoms with Crippen LogP contribution in [0.15, 0.2) is 55.0 Å². The fourth-order valence-electron chi connectivity index (χ4n) is 2.35. The standard InChI is InChI=1S/C19H16ClN3O4/c20-14-2-1-13(11-25)18(9-14)27-16-5-3-15(4-6-16)23-10-17(22-12-23)19(26)21-7-8-24/h1-6,9-12,24H,7-8H2,(H,21,26). The molecule has 1 heterocycles. The van der Waals surface area contributed by atoms with Crippen LogP contribution in [0.1, 0.15) is 20.8 Å². The van der Waals surface area contributed by atoms with Crippen molar-refractivity contribution in [3.63, 3.8) is 0 Å². The molecule has 0 spiro atoms. The molecule has 0 aliphatic heterocycles. The number of aldehydes is 1. The van der Waals surface area contributed by atoms with Gasteiger partial charge in [-0.2, -0.15) is 0 Å². The molecule has 0 saturated heterocycles. The first-order valence-corrected chi connectivity index (χ1v) is 8.44. The zero-order chi connectivity index (χ0) is 19.2. The van der Waals surface area contributed by atoms with E-state index in [9.17, 15) is 9.59 Å². The maximum absolute atomic E-state index is 11.8. The number of imidazole rings is 1. The molecule has 2 aromatic carbocycles. The Morgan fingerprint density at radius 2 is 2.04 bits per heavy atom. The molecule has 8 heteroatoms. The molecule has 2 N–H and O–H groups in total. The van der Waals surface area contributed by atoms with E-state index in [1.54, 1.807) is 53.2 Å². The molecule has 0 atom stereocenters. The lowest BCUT2D eigenvalue weighted by Gasteiger charge is -2.09. The van der Waals surface area contributed by atoms with Gasteiger partial charge in [-0.05, 0) is 36.4 Å². The second kappa shape index (κ2) is 8.48. The van der Waals surface area contributed by atoms with Crippen molar-refractivity contribution in [1.29, 1.82) is 0 Å². The van der Waals surface area contributed by atoms with Crippen molar-refractivity contribution in [3.05, 3.63) is 71.3 Å². The molecule has 27 heavy (non-hydrogen) atoms. The zero-order valence-corrected chi connectivity index (χ0v) is 14.9. The molecule has 1 aromatic heterocycles. The smallest absolute Gasteiger partial charge is 0.271 e. The summed E-state index contributed by atoms with van der Waals surface area (Å²) in [6.07, 6.45) is 3.81. The molecule has 0 aliphatic rings. The van der Waals surface area contributed by atoms with Gasteiger partial charge in [0.1, 0.15) is 23.5 Å². The molecule has 0 unspecified atom stereocenters. The van der Waals surface area contributed by atoms with Crippen molar-refractivity contribution in [2.75, 3.05) is 13.2 Å². The highest BCUT2D eigenvalue weighted by Gasteiger charge is 2.10. The summed E-state index contributed by atoms with van der Waals surface area (Å²) in [5.74, 6) is 0.547. The van der Waals surface area contributed by atoms with Crippen molar-refractivity contribution in [2.45, 2.75) is 0 Å². The van der Waals surface area contributed by atoms with Crippen LogP contribution in [0, 0.1) is 0 Å². The number of hydrogen-bond donors (Lipinski definition) is 2. The highest BCUT2D eigenvalue weighted by atomic mass is 35.5. The molecule has 3 rings (SSSR count). The lowest BCUT2D eigenvalue weighted by molar-refractivity contribution is 0.0940. The van der Waals surface area contributed by atoms with E-state index in [-0.39, 0.29) is 24.8 Å². The molecule has 7 nitrogen and oxygen atoms in total. The Morgan fingerprint density at radius 1 is 1.26 bits per heavy atom. The lowest BCUT2D eigenvalue weighted by Crippen LogP contribution is -2.26. The van der Waals surface area contributed by atoms with Crippen LogP contribution >= 0.6 is 11.6 Å². The molecule has 0 aliphatic carbocycles. The largest absolute Gasteiger partial charge is 0.457 e. The average Bonchev–Trinajstić information content (AvgIpc) is 3.17. The second-order valence-electron chi connectivity index (χ2n) is 5.54. The summed E-state index contributed by atoms with van der Waals surface area (Å²) in [7, 11) is 0. The number of carbonyl (C=O) groups is 2. The minimum absolute atomic E-state index is 0.133. The van der Waals surface area contributed by atoms with Crippen LogP contribution in [0.2, 0.25) is 5.02 Å². The Bertz CT molecular complexity index is 954. The van der Waals surface area contributed by atoms with Gasteiger partial charge in [0.25, 0.3) is 5.91 Å². The Kier molecular flexibility index (Phi) is 5.85. The van der Waals surface area contributed by atoms with Gasteiger partial charge in [-0.1, -0.05) is 11.6 Å². The Hall–Kier alpha value is -3.16. The highest BCUT2D eigenvalue weighted by molar-refractivity contribution is 6.30. The van der Waals surface area contributed by atoms with Crippen molar-refractivity contribution in [2.24, 2.45) is 0 Å². The van der Waals surface area contributed by atoms with Crippen LogP contribution in [0.4, 0.5) is 0 Å². The van der Waals surface area contributed by atoms with E-state index in [1.807, 2.05) is 0 Å². The molecule has 0 bridgehead atoms. The summed E-state index contributed by atoms with van der Waals surface area (Å²) in [4.78, 5) is 27.0. The molecule has 0 fully saturated rings. The third kappa shape index (κ3) is 4.52. The van der Waals surface area contributed by atoms with Gasteiger partial charge in [-0.25, -0.2) is 4.98 Å². The van der Waals surface area contributed by atoms with Crippen molar-refractivity contribution in [3.8, 4) is 17.2 Å². The van der Waals surface area contributed by atoms with Gasteiger partial charge in [0, 0.05) is 29.5 Å². The molecule has 1 amide bonds. The number of hydrogen-bond acceptors (Lipinski definition) is 5. The van der Waals surface area contributed by atoms with Gasteiger partial charge < -0.3 is 19.7 Å². The fraction of sp³-hybridized carbons (Fsp3) is 0.105. The SMILES string of the molecule is O=Cc1ccc(Cl)cc1Oc1ccc(-n2cnc(C(=O)NCCO)c2)cc1. The molecule has 3 aromatic rings. The number of aliphatic hydroxyl groups excluding tert-OH is 1. The first-order valence-electron chi connectivity index (χ1n) is 8.07. The van der Waals surface area contributed by atoms with Gasteiger partial charge in [-0.3, -0.25) is 9.59 Å². The number of amides is 1. The normalized spacial score (nSPS) is 10.4. The Balaban J connectivity index is 1.74. The average molecular weight is 386 g/mol. The molecule has 0 radical (unpaired) electrons. The molecular formula is C19H16ClN3O4. The van der Waals surface area contributed by atoms with E-state index in [1.165, 1.54) is 6.33 Å². The number of aliphatic hydroxyl groups is 1. The number of nitrogens with zero attached hydrogens (tertiary/aromatic N) is 2. The monoisotopic (exact) mass is 385 g/mol. The number of carbonyl (C=O) groups excluding carboxylic acids is 2. The lowest BCUT2D eigenvalue weighted by atomic mass is 10.2. The summed E-state index contributed by atoms with van der Waals surface area (Å²) in [6.45, 7) is 0.0381.